The average molecular weight is 459 g/mol. The van der Waals surface area contributed by atoms with Gasteiger partial charge in [0.25, 0.3) is 10.0 Å². The molecule has 1 atom stereocenters. The van der Waals surface area contributed by atoms with Crippen LogP contribution in [-0.2, 0) is 16.6 Å². The van der Waals surface area contributed by atoms with E-state index in [9.17, 15) is 12.8 Å². The van der Waals surface area contributed by atoms with E-state index in [1.165, 1.54) is 43.9 Å². The van der Waals surface area contributed by atoms with Gasteiger partial charge in [-0.15, -0.1) is 5.10 Å². The number of benzene rings is 2. The molecule has 1 saturated carbocycles. The number of hydrogen-bond donors (Lipinski definition) is 2. The Bertz CT molecular complexity index is 1150. The van der Waals surface area contributed by atoms with Crippen LogP contribution < -0.4 is 10.0 Å². The molecule has 0 bridgehead atoms. The summed E-state index contributed by atoms with van der Waals surface area (Å²) < 4.78 is 44.6. The van der Waals surface area contributed by atoms with Gasteiger partial charge in [-0.3, -0.25) is 4.72 Å². The highest BCUT2D eigenvalue weighted by atomic mass is 32.2. The summed E-state index contributed by atoms with van der Waals surface area (Å²) in [6, 6.07) is 11.4. The number of tetrazole rings is 1. The molecule has 0 unspecified atom stereocenters. The molecule has 0 spiro atoms. The fraction of sp³-hybridized carbons (Fsp3) is 0.409. The predicted octanol–water partition coefficient (Wildman–Crippen LogP) is 3.66. The molecule has 0 aliphatic heterocycles. The van der Waals surface area contributed by atoms with Crippen molar-refractivity contribution in [1.29, 1.82) is 0 Å². The molecule has 1 aliphatic carbocycles. The molecule has 0 radical (unpaired) electrons. The predicted molar refractivity (Wildman–Crippen MR) is 119 cm³/mol. The first-order valence-corrected chi connectivity index (χ1v) is 12.3. The maximum atomic E-state index is 14.5. The standard InChI is InChI=1S/C22H27FN6O2S/c1-16(13-17-7-2-3-8-17)24-14-18-9-4-5-11-20(18)26-32(30,31)21-12-6-10-19(23)22(21)29-15-25-27-28-29/h4-6,9-12,15-17,24,26H,2-3,7-8,13-14H2,1H3/t16-/m0/s1. The molecular weight excluding hydrogens is 431 g/mol. The Hall–Kier alpha value is -2.85. The van der Waals surface area contributed by atoms with Crippen molar-refractivity contribution in [3.63, 3.8) is 0 Å². The highest BCUT2D eigenvalue weighted by Gasteiger charge is 2.24. The van der Waals surface area contributed by atoms with Crippen molar-refractivity contribution in [3.8, 4) is 5.69 Å². The number of rotatable bonds is 9. The van der Waals surface area contributed by atoms with Crippen LogP contribution in [0.15, 0.2) is 53.7 Å². The Morgan fingerprint density at radius 1 is 1.16 bits per heavy atom. The molecule has 4 rings (SSSR count). The van der Waals surface area contributed by atoms with Crippen LogP contribution >= 0.6 is 0 Å². The molecule has 0 saturated heterocycles. The topological polar surface area (TPSA) is 102 Å². The zero-order chi connectivity index (χ0) is 22.6. The fourth-order valence-electron chi connectivity index (χ4n) is 4.29. The van der Waals surface area contributed by atoms with Crippen LogP contribution in [0.5, 0.6) is 0 Å². The number of anilines is 1. The van der Waals surface area contributed by atoms with Crippen LogP contribution in [0.4, 0.5) is 10.1 Å². The van der Waals surface area contributed by atoms with Gasteiger partial charge in [-0.25, -0.2) is 12.8 Å². The summed E-state index contributed by atoms with van der Waals surface area (Å²) in [6.45, 7) is 2.69. The molecule has 1 aliphatic rings. The molecule has 2 N–H and O–H groups in total. The van der Waals surface area contributed by atoms with Crippen molar-refractivity contribution in [2.75, 3.05) is 4.72 Å². The third kappa shape index (κ3) is 5.13. The number of nitrogens with zero attached hydrogens (tertiary/aromatic N) is 4. The lowest BCUT2D eigenvalue weighted by Crippen LogP contribution is -2.28. The van der Waals surface area contributed by atoms with Gasteiger partial charge < -0.3 is 5.32 Å². The van der Waals surface area contributed by atoms with Gasteiger partial charge in [0.15, 0.2) is 0 Å². The monoisotopic (exact) mass is 458 g/mol. The second-order valence-corrected chi connectivity index (χ2v) is 9.92. The molecule has 3 aromatic rings. The number of hydrogen-bond acceptors (Lipinski definition) is 6. The van der Waals surface area contributed by atoms with Gasteiger partial charge in [0.05, 0.1) is 5.69 Å². The van der Waals surface area contributed by atoms with E-state index < -0.39 is 15.8 Å². The van der Waals surface area contributed by atoms with Gasteiger partial charge in [-0.05, 0) is 53.5 Å². The summed E-state index contributed by atoms with van der Waals surface area (Å²) in [6.07, 6.45) is 7.48. The summed E-state index contributed by atoms with van der Waals surface area (Å²) in [4.78, 5) is -0.248. The van der Waals surface area contributed by atoms with Crippen molar-refractivity contribution in [3.05, 3.63) is 60.2 Å². The lowest BCUT2D eigenvalue weighted by atomic mass is 9.99. The second-order valence-electron chi connectivity index (χ2n) is 8.27. The van der Waals surface area contributed by atoms with Crippen LogP contribution in [-0.4, -0.2) is 34.7 Å². The van der Waals surface area contributed by atoms with Crippen molar-refractivity contribution in [2.24, 2.45) is 5.92 Å². The summed E-state index contributed by atoms with van der Waals surface area (Å²) in [7, 11) is -4.11. The fourth-order valence-corrected chi connectivity index (χ4v) is 5.59. The van der Waals surface area contributed by atoms with Gasteiger partial charge >= 0.3 is 0 Å². The average Bonchev–Trinajstić information content (AvgIpc) is 3.47. The Balaban J connectivity index is 1.53. The summed E-state index contributed by atoms with van der Waals surface area (Å²) in [5.41, 5.74) is 1.03. The smallest absolute Gasteiger partial charge is 0.264 e. The van der Waals surface area contributed by atoms with E-state index in [2.05, 4.69) is 32.5 Å². The maximum absolute atomic E-state index is 14.5. The van der Waals surface area contributed by atoms with E-state index in [1.54, 1.807) is 12.1 Å². The number of halogens is 1. The Labute approximate surface area is 187 Å². The van der Waals surface area contributed by atoms with Crippen LogP contribution in [0.2, 0.25) is 0 Å². The van der Waals surface area contributed by atoms with Crippen molar-refractivity contribution in [1.82, 2.24) is 25.5 Å². The van der Waals surface area contributed by atoms with Crippen LogP contribution in [0, 0.1) is 11.7 Å². The van der Waals surface area contributed by atoms with Gasteiger partial charge in [-0.1, -0.05) is 49.9 Å². The Morgan fingerprint density at radius 3 is 2.69 bits per heavy atom. The van der Waals surface area contributed by atoms with Crippen LogP contribution in [0.25, 0.3) is 5.69 Å². The molecule has 170 valence electrons. The quantitative estimate of drug-likeness (QED) is 0.507. The zero-order valence-electron chi connectivity index (χ0n) is 17.9. The van der Waals surface area contributed by atoms with Gasteiger partial charge in [0.1, 0.15) is 22.7 Å². The molecular formula is C22H27FN6O2S. The molecule has 2 aromatic carbocycles. The van der Waals surface area contributed by atoms with Crippen molar-refractivity contribution >= 4 is 15.7 Å². The minimum atomic E-state index is -4.11. The number of sulfonamides is 1. The number of aromatic nitrogens is 4. The van der Waals surface area contributed by atoms with E-state index >= 15 is 0 Å². The second kappa shape index (κ2) is 9.74. The highest BCUT2D eigenvalue weighted by Crippen LogP contribution is 2.29. The highest BCUT2D eigenvalue weighted by molar-refractivity contribution is 7.92. The SMILES string of the molecule is C[C@@H](CC1CCCC1)NCc1ccccc1NS(=O)(=O)c1cccc(F)c1-n1cnnn1. The largest absolute Gasteiger partial charge is 0.310 e. The van der Waals surface area contributed by atoms with Crippen molar-refractivity contribution < 1.29 is 12.8 Å². The van der Waals surface area contributed by atoms with E-state index in [0.29, 0.717) is 18.3 Å². The lowest BCUT2D eigenvalue weighted by Gasteiger charge is -2.19. The first-order valence-electron chi connectivity index (χ1n) is 10.8. The molecule has 1 aromatic heterocycles. The minimum absolute atomic E-state index is 0.231. The van der Waals surface area contributed by atoms with E-state index in [4.69, 9.17) is 0 Å². The maximum Gasteiger partial charge on any atom is 0.264 e. The minimum Gasteiger partial charge on any atom is -0.310 e. The first kappa shape index (κ1) is 22.3. The molecule has 1 heterocycles. The Kier molecular flexibility index (Phi) is 6.80. The van der Waals surface area contributed by atoms with Gasteiger partial charge in [0, 0.05) is 12.6 Å². The van der Waals surface area contributed by atoms with Crippen molar-refractivity contribution in [2.45, 2.75) is 56.5 Å². The Morgan fingerprint density at radius 2 is 1.94 bits per heavy atom. The number of nitrogens with one attached hydrogen (secondary N) is 2. The van der Waals surface area contributed by atoms with Crippen LogP contribution in [0.1, 0.15) is 44.6 Å². The van der Waals surface area contributed by atoms with Gasteiger partial charge in [0.2, 0.25) is 0 Å². The van der Waals surface area contributed by atoms with E-state index in [0.717, 1.165) is 28.9 Å². The van der Waals surface area contributed by atoms with Crippen LogP contribution in [0.3, 0.4) is 0 Å². The molecule has 8 nitrogen and oxygen atoms in total. The molecule has 10 heteroatoms. The van der Waals surface area contributed by atoms with E-state index in [-0.39, 0.29) is 10.6 Å². The van der Waals surface area contributed by atoms with Gasteiger partial charge in [-0.2, -0.15) is 4.68 Å². The molecule has 0 amide bonds. The summed E-state index contributed by atoms with van der Waals surface area (Å²) >= 11 is 0. The summed E-state index contributed by atoms with van der Waals surface area (Å²) in [5, 5.41) is 14.1. The summed E-state index contributed by atoms with van der Waals surface area (Å²) in [5.74, 6) is 0.0276. The van der Waals surface area contributed by atoms with E-state index in [1.807, 2.05) is 12.1 Å². The molecule has 1 fully saturated rings. The first-order chi connectivity index (χ1) is 15.4. The normalized spacial score (nSPS) is 15.7. The lowest BCUT2D eigenvalue weighted by molar-refractivity contribution is 0.404. The third-order valence-corrected chi connectivity index (χ3v) is 7.28. The third-order valence-electron chi connectivity index (χ3n) is 5.88. The zero-order valence-corrected chi connectivity index (χ0v) is 18.7. The number of para-hydroxylation sites is 2. The molecule has 32 heavy (non-hydrogen) atoms.